The van der Waals surface area contributed by atoms with Crippen LogP contribution in [0.25, 0.3) is 5.69 Å². The molecule has 0 aliphatic rings. The van der Waals surface area contributed by atoms with E-state index in [-0.39, 0.29) is 11.4 Å². The van der Waals surface area contributed by atoms with Gasteiger partial charge in [-0.1, -0.05) is 34.1 Å². The average molecular weight is 490 g/mol. The first kappa shape index (κ1) is 22.2. The van der Waals surface area contributed by atoms with Gasteiger partial charge < -0.3 is 5.32 Å². The number of hydrogen-bond donors (Lipinski definition) is 1. The van der Waals surface area contributed by atoms with Gasteiger partial charge in [-0.2, -0.15) is 5.10 Å². The Morgan fingerprint density at radius 3 is 2.27 bits per heavy atom. The number of hydrogen-bond acceptors (Lipinski definition) is 4. The highest BCUT2D eigenvalue weighted by atomic mass is 79.9. The molecule has 0 unspecified atom stereocenters. The number of benzene rings is 2. The zero-order valence-corrected chi connectivity index (χ0v) is 19.7. The molecule has 1 aromatic heterocycles. The minimum absolute atomic E-state index is 0.107. The molecule has 0 atom stereocenters. The molecule has 0 bridgehead atoms. The molecular formula is C22H24BrN3O3S. The highest BCUT2D eigenvalue weighted by molar-refractivity contribution is 9.10. The average Bonchev–Trinajstić information content (AvgIpc) is 3.00. The molecule has 30 heavy (non-hydrogen) atoms. The van der Waals surface area contributed by atoms with Crippen LogP contribution in [0.15, 0.2) is 64.0 Å². The van der Waals surface area contributed by atoms with Crippen molar-refractivity contribution in [2.45, 2.75) is 43.9 Å². The first-order valence-electron chi connectivity index (χ1n) is 9.44. The summed E-state index contributed by atoms with van der Waals surface area (Å²) < 4.78 is 27.1. The first-order chi connectivity index (χ1) is 14.1. The van der Waals surface area contributed by atoms with Crippen LogP contribution in [-0.4, -0.2) is 28.9 Å². The lowest BCUT2D eigenvalue weighted by atomic mass is 10.1. The molecule has 0 fully saturated rings. The van der Waals surface area contributed by atoms with Crippen LogP contribution in [0.3, 0.4) is 0 Å². The molecule has 1 amide bonds. The van der Waals surface area contributed by atoms with Crippen LogP contribution in [0.2, 0.25) is 0 Å². The lowest BCUT2D eigenvalue weighted by Gasteiger charge is -2.24. The number of halogens is 1. The van der Waals surface area contributed by atoms with E-state index in [0.29, 0.717) is 0 Å². The van der Waals surface area contributed by atoms with Gasteiger partial charge in [0.15, 0.2) is 9.84 Å². The number of para-hydroxylation sites is 1. The van der Waals surface area contributed by atoms with Crippen molar-refractivity contribution < 1.29 is 13.2 Å². The molecule has 158 valence electrons. The van der Waals surface area contributed by atoms with Crippen LogP contribution < -0.4 is 5.32 Å². The van der Waals surface area contributed by atoms with E-state index in [1.165, 1.54) is 26.0 Å². The second-order valence-corrected chi connectivity index (χ2v) is 11.0. The number of rotatable bonds is 6. The van der Waals surface area contributed by atoms with E-state index in [4.69, 9.17) is 0 Å². The normalized spacial score (nSPS) is 12.0. The van der Waals surface area contributed by atoms with Crippen LogP contribution in [0.1, 0.15) is 30.8 Å². The van der Waals surface area contributed by atoms with E-state index in [9.17, 15) is 13.2 Å². The quantitative estimate of drug-likeness (QED) is 0.564. The standard InChI is InChI=1S/C22H24BrN3O3S/c1-15-20(16(2)26(25-15)18-8-6-5-7-9-18)14-24-21(27)22(3,4)30(28,29)19-12-10-17(23)11-13-19/h5-13H,14H2,1-4H3,(H,24,27). The van der Waals surface area contributed by atoms with Crippen molar-refractivity contribution >= 4 is 31.7 Å². The van der Waals surface area contributed by atoms with Crippen molar-refractivity contribution in [2.75, 3.05) is 0 Å². The molecule has 8 heteroatoms. The van der Waals surface area contributed by atoms with Gasteiger partial charge >= 0.3 is 0 Å². The molecule has 1 heterocycles. The first-order valence-corrected chi connectivity index (χ1v) is 11.7. The number of carbonyl (C=O) groups is 1. The SMILES string of the molecule is Cc1nn(-c2ccccc2)c(C)c1CNC(=O)C(C)(C)S(=O)(=O)c1ccc(Br)cc1. The molecule has 0 saturated carbocycles. The summed E-state index contributed by atoms with van der Waals surface area (Å²) in [6, 6.07) is 16.0. The molecule has 6 nitrogen and oxygen atoms in total. The topological polar surface area (TPSA) is 81.1 Å². The van der Waals surface area contributed by atoms with Crippen molar-refractivity contribution in [1.29, 1.82) is 0 Å². The summed E-state index contributed by atoms with van der Waals surface area (Å²) >= 11 is 3.29. The largest absolute Gasteiger partial charge is 0.351 e. The van der Waals surface area contributed by atoms with E-state index in [1.54, 1.807) is 12.1 Å². The van der Waals surface area contributed by atoms with E-state index in [2.05, 4.69) is 26.3 Å². The fourth-order valence-electron chi connectivity index (χ4n) is 3.16. The van der Waals surface area contributed by atoms with Gasteiger partial charge in [0, 0.05) is 22.3 Å². The lowest BCUT2D eigenvalue weighted by molar-refractivity contribution is -0.123. The van der Waals surface area contributed by atoms with Gasteiger partial charge in [0.05, 0.1) is 16.3 Å². The maximum Gasteiger partial charge on any atom is 0.241 e. The smallest absolute Gasteiger partial charge is 0.241 e. The van der Waals surface area contributed by atoms with Gasteiger partial charge in [-0.3, -0.25) is 4.79 Å². The minimum atomic E-state index is -3.87. The van der Waals surface area contributed by atoms with Crippen LogP contribution >= 0.6 is 15.9 Å². The number of sulfone groups is 1. The molecule has 0 radical (unpaired) electrons. The van der Waals surface area contributed by atoms with Gasteiger partial charge in [0.25, 0.3) is 0 Å². The number of nitrogens with one attached hydrogen (secondary N) is 1. The molecule has 0 saturated heterocycles. The van der Waals surface area contributed by atoms with Crippen LogP contribution in [0, 0.1) is 13.8 Å². The Kier molecular flexibility index (Phi) is 6.19. The highest BCUT2D eigenvalue weighted by Crippen LogP contribution is 2.27. The zero-order chi connectivity index (χ0) is 22.1. The van der Waals surface area contributed by atoms with Gasteiger partial charge in [0.2, 0.25) is 5.91 Å². The van der Waals surface area contributed by atoms with Gasteiger partial charge in [-0.15, -0.1) is 0 Å². The van der Waals surface area contributed by atoms with E-state index in [0.717, 1.165) is 27.1 Å². The predicted octanol–water partition coefficient (Wildman–Crippen LogP) is 4.12. The van der Waals surface area contributed by atoms with Crippen molar-refractivity contribution in [2.24, 2.45) is 0 Å². The molecule has 0 spiro atoms. The third-order valence-electron chi connectivity index (χ3n) is 5.21. The molecular weight excluding hydrogens is 466 g/mol. The van der Waals surface area contributed by atoms with E-state index in [1.807, 2.05) is 48.9 Å². The summed E-state index contributed by atoms with van der Waals surface area (Å²) in [5.41, 5.74) is 3.47. The summed E-state index contributed by atoms with van der Waals surface area (Å²) in [6.07, 6.45) is 0. The van der Waals surface area contributed by atoms with Crippen LogP contribution in [0.4, 0.5) is 0 Å². The number of amides is 1. The minimum Gasteiger partial charge on any atom is -0.351 e. The van der Waals surface area contributed by atoms with Crippen molar-refractivity contribution in [1.82, 2.24) is 15.1 Å². The molecule has 3 rings (SSSR count). The van der Waals surface area contributed by atoms with Gasteiger partial charge in [0.1, 0.15) is 4.75 Å². The fourth-order valence-corrected chi connectivity index (χ4v) is 4.83. The van der Waals surface area contributed by atoms with Crippen molar-refractivity contribution in [3.63, 3.8) is 0 Å². The number of aryl methyl sites for hydroxylation is 1. The second kappa shape index (κ2) is 8.35. The predicted molar refractivity (Wildman–Crippen MR) is 120 cm³/mol. The summed E-state index contributed by atoms with van der Waals surface area (Å²) in [5, 5.41) is 7.36. The summed E-state index contributed by atoms with van der Waals surface area (Å²) in [6.45, 7) is 6.85. The lowest BCUT2D eigenvalue weighted by Crippen LogP contribution is -2.47. The number of carbonyl (C=O) groups excluding carboxylic acids is 1. The van der Waals surface area contributed by atoms with Crippen LogP contribution in [-0.2, 0) is 21.2 Å². The molecule has 0 aliphatic heterocycles. The van der Waals surface area contributed by atoms with Gasteiger partial charge in [-0.05, 0) is 64.1 Å². The van der Waals surface area contributed by atoms with Crippen molar-refractivity contribution in [3.8, 4) is 5.69 Å². The fraction of sp³-hybridized carbons (Fsp3) is 0.273. The number of aromatic nitrogens is 2. The molecule has 2 aromatic carbocycles. The van der Waals surface area contributed by atoms with Gasteiger partial charge in [-0.25, -0.2) is 13.1 Å². The van der Waals surface area contributed by atoms with Crippen molar-refractivity contribution in [3.05, 3.63) is 76.0 Å². The highest BCUT2D eigenvalue weighted by Gasteiger charge is 2.42. The summed E-state index contributed by atoms with van der Waals surface area (Å²) in [4.78, 5) is 13.0. The maximum absolute atomic E-state index is 13.0. The Balaban J connectivity index is 1.81. The summed E-state index contributed by atoms with van der Waals surface area (Å²) in [7, 11) is -3.87. The Morgan fingerprint density at radius 1 is 1.07 bits per heavy atom. The number of nitrogens with zero attached hydrogens (tertiary/aromatic N) is 2. The Morgan fingerprint density at radius 2 is 1.67 bits per heavy atom. The molecule has 1 N–H and O–H groups in total. The summed E-state index contributed by atoms with van der Waals surface area (Å²) in [5.74, 6) is -0.559. The third-order valence-corrected chi connectivity index (χ3v) is 8.16. The zero-order valence-electron chi connectivity index (χ0n) is 17.3. The van der Waals surface area contributed by atoms with E-state index < -0.39 is 20.5 Å². The Labute approximate surface area is 185 Å². The second-order valence-electron chi connectivity index (χ2n) is 7.55. The monoisotopic (exact) mass is 489 g/mol. The van der Waals surface area contributed by atoms with Crippen LogP contribution in [0.5, 0.6) is 0 Å². The Hall–Kier alpha value is -2.45. The van der Waals surface area contributed by atoms with E-state index >= 15 is 0 Å². The maximum atomic E-state index is 13.0. The molecule has 0 aliphatic carbocycles. The molecule has 3 aromatic rings. The Bertz CT molecular complexity index is 1170. The third kappa shape index (κ3) is 4.06.